The van der Waals surface area contributed by atoms with Gasteiger partial charge in [-0.3, -0.25) is 9.48 Å². The molecule has 0 saturated heterocycles. The highest BCUT2D eigenvalue weighted by Crippen LogP contribution is 2.38. The lowest BCUT2D eigenvalue weighted by Crippen LogP contribution is -2.05. The Bertz CT molecular complexity index is 1850. The van der Waals surface area contributed by atoms with Crippen LogP contribution in [0, 0.1) is 6.92 Å². The van der Waals surface area contributed by atoms with Crippen molar-refractivity contribution in [2.24, 2.45) is 7.05 Å². The van der Waals surface area contributed by atoms with E-state index in [2.05, 4.69) is 71.8 Å². The molecule has 186 valence electrons. The van der Waals surface area contributed by atoms with Crippen LogP contribution in [0.3, 0.4) is 0 Å². The Hall–Kier alpha value is -4.41. The average Bonchev–Trinajstić information content (AvgIpc) is 3.29. The van der Waals surface area contributed by atoms with Crippen molar-refractivity contribution in [2.75, 3.05) is 0 Å². The maximum Gasteiger partial charge on any atom is 0.307 e. The molecule has 0 amide bonds. The molecule has 0 radical (unpaired) electrons. The number of benzene rings is 5. The molecule has 5 heteroatoms. The Labute approximate surface area is 225 Å². The van der Waals surface area contributed by atoms with Crippen molar-refractivity contribution in [1.82, 2.24) is 9.78 Å². The summed E-state index contributed by atoms with van der Waals surface area (Å²) in [5, 5.41) is 17.9. The molecule has 6 rings (SSSR count). The third-order valence-electron chi connectivity index (χ3n) is 7.21. The van der Waals surface area contributed by atoms with Gasteiger partial charge in [0.2, 0.25) is 0 Å². The summed E-state index contributed by atoms with van der Waals surface area (Å²) in [6.07, 6.45) is 1.84. The Kier molecular flexibility index (Phi) is 5.97. The third-order valence-corrected chi connectivity index (χ3v) is 7.46. The summed E-state index contributed by atoms with van der Waals surface area (Å²) in [5.41, 5.74) is 9.21. The normalized spacial score (nSPS) is 11.3. The van der Waals surface area contributed by atoms with Gasteiger partial charge in [-0.15, -0.1) is 0 Å². The third kappa shape index (κ3) is 4.33. The SMILES string of the molecule is Cc1cc2ccc(-c3cccc(-c4ccc5c(cnn5C)c4)c3)cc2c(-c2ccc(Cl)cc2)c1CC(=O)O. The van der Waals surface area contributed by atoms with Gasteiger partial charge in [0.05, 0.1) is 18.1 Å². The lowest BCUT2D eigenvalue weighted by atomic mass is 9.87. The summed E-state index contributed by atoms with van der Waals surface area (Å²) in [6, 6.07) is 31.0. The number of aliphatic carboxylic acids is 1. The molecule has 0 saturated carbocycles. The van der Waals surface area contributed by atoms with Crippen molar-refractivity contribution in [3.8, 4) is 33.4 Å². The molecule has 0 fully saturated rings. The molecule has 0 unspecified atom stereocenters. The maximum atomic E-state index is 11.8. The standard InChI is InChI=1S/C33H25ClN2O2/c1-20-14-26-7-6-25(17-30(26)33(29(20)18-32(37)38)21-8-11-28(34)12-9-21)23-5-3-4-22(15-23)24-10-13-31-27(16-24)19-35-36(31)2/h3-17,19H,18H2,1-2H3,(H,37,38). The number of carboxylic acid groups (broad SMARTS) is 1. The molecule has 1 N–H and O–H groups in total. The van der Waals surface area contributed by atoms with Crippen LogP contribution in [-0.2, 0) is 18.3 Å². The summed E-state index contributed by atoms with van der Waals surface area (Å²) < 4.78 is 1.88. The summed E-state index contributed by atoms with van der Waals surface area (Å²) in [4.78, 5) is 11.8. The predicted octanol–water partition coefficient (Wildman–Crippen LogP) is 8.32. The lowest BCUT2D eigenvalue weighted by Gasteiger charge is -2.17. The molecule has 0 bridgehead atoms. The van der Waals surface area contributed by atoms with E-state index in [0.717, 1.165) is 66.2 Å². The second-order valence-corrected chi connectivity index (χ2v) is 10.1. The summed E-state index contributed by atoms with van der Waals surface area (Å²) in [6.45, 7) is 1.98. The first-order valence-corrected chi connectivity index (χ1v) is 12.8. The highest BCUT2D eigenvalue weighted by Gasteiger charge is 2.17. The second-order valence-electron chi connectivity index (χ2n) is 9.68. The predicted molar refractivity (Wildman–Crippen MR) is 156 cm³/mol. The second kappa shape index (κ2) is 9.47. The Morgan fingerprint density at radius 3 is 2.21 bits per heavy atom. The first-order valence-electron chi connectivity index (χ1n) is 12.4. The molecule has 38 heavy (non-hydrogen) atoms. The van der Waals surface area contributed by atoms with Gasteiger partial charge in [0, 0.05) is 17.5 Å². The van der Waals surface area contributed by atoms with Gasteiger partial charge >= 0.3 is 5.97 Å². The zero-order valence-electron chi connectivity index (χ0n) is 21.1. The summed E-state index contributed by atoms with van der Waals surface area (Å²) >= 11 is 6.18. The molecular weight excluding hydrogens is 492 g/mol. The molecule has 0 atom stereocenters. The van der Waals surface area contributed by atoms with E-state index in [1.165, 1.54) is 0 Å². The fourth-order valence-electron chi connectivity index (χ4n) is 5.31. The minimum atomic E-state index is -0.850. The number of fused-ring (bicyclic) bond motifs is 2. The monoisotopic (exact) mass is 516 g/mol. The van der Waals surface area contributed by atoms with E-state index in [-0.39, 0.29) is 6.42 Å². The van der Waals surface area contributed by atoms with Gasteiger partial charge < -0.3 is 5.11 Å². The number of hydrogen-bond acceptors (Lipinski definition) is 2. The molecule has 0 aliphatic rings. The van der Waals surface area contributed by atoms with Gasteiger partial charge in [0.25, 0.3) is 0 Å². The van der Waals surface area contributed by atoms with Gasteiger partial charge in [0.15, 0.2) is 0 Å². The quantitative estimate of drug-likeness (QED) is 0.250. The van der Waals surface area contributed by atoms with Crippen LogP contribution in [0.2, 0.25) is 5.02 Å². The van der Waals surface area contributed by atoms with Crippen molar-refractivity contribution in [3.63, 3.8) is 0 Å². The highest BCUT2D eigenvalue weighted by atomic mass is 35.5. The van der Waals surface area contributed by atoms with E-state index in [9.17, 15) is 9.90 Å². The number of nitrogens with zero attached hydrogens (tertiary/aromatic N) is 2. The molecular formula is C33H25ClN2O2. The van der Waals surface area contributed by atoms with Crippen LogP contribution >= 0.6 is 11.6 Å². The zero-order valence-corrected chi connectivity index (χ0v) is 21.8. The molecule has 0 aliphatic carbocycles. The Morgan fingerprint density at radius 1 is 0.816 bits per heavy atom. The topological polar surface area (TPSA) is 55.1 Å². The van der Waals surface area contributed by atoms with Crippen LogP contribution in [0.5, 0.6) is 0 Å². The fourth-order valence-corrected chi connectivity index (χ4v) is 5.43. The zero-order chi connectivity index (χ0) is 26.4. The number of carboxylic acids is 1. The van der Waals surface area contributed by atoms with Gasteiger partial charge in [0.1, 0.15) is 0 Å². The van der Waals surface area contributed by atoms with E-state index < -0.39 is 5.97 Å². The van der Waals surface area contributed by atoms with E-state index in [0.29, 0.717) is 5.02 Å². The largest absolute Gasteiger partial charge is 0.481 e. The molecule has 5 aromatic carbocycles. The van der Waals surface area contributed by atoms with Gasteiger partial charge in [-0.05, 0) is 98.6 Å². The lowest BCUT2D eigenvalue weighted by molar-refractivity contribution is -0.136. The first kappa shape index (κ1) is 24.0. The van der Waals surface area contributed by atoms with Crippen LogP contribution in [0.25, 0.3) is 55.1 Å². The Morgan fingerprint density at radius 2 is 1.47 bits per heavy atom. The van der Waals surface area contributed by atoms with Crippen LogP contribution < -0.4 is 0 Å². The Balaban J connectivity index is 1.52. The molecule has 0 spiro atoms. The van der Waals surface area contributed by atoms with E-state index >= 15 is 0 Å². The van der Waals surface area contributed by atoms with Gasteiger partial charge in [-0.25, -0.2) is 0 Å². The number of carbonyl (C=O) groups is 1. The summed E-state index contributed by atoms with van der Waals surface area (Å²) in [5.74, 6) is -0.850. The van der Waals surface area contributed by atoms with E-state index in [1.54, 1.807) is 0 Å². The van der Waals surface area contributed by atoms with Crippen LogP contribution in [-0.4, -0.2) is 20.9 Å². The first-order chi connectivity index (χ1) is 18.4. The maximum absolute atomic E-state index is 11.8. The minimum absolute atomic E-state index is 0.0454. The smallest absolute Gasteiger partial charge is 0.307 e. The van der Waals surface area contributed by atoms with E-state index in [4.69, 9.17) is 11.6 Å². The molecule has 0 aliphatic heterocycles. The van der Waals surface area contributed by atoms with Gasteiger partial charge in [-0.2, -0.15) is 5.10 Å². The molecule has 1 heterocycles. The number of aryl methyl sites for hydroxylation is 2. The number of halogens is 1. The van der Waals surface area contributed by atoms with Gasteiger partial charge in [-0.1, -0.05) is 66.2 Å². The molecule has 6 aromatic rings. The van der Waals surface area contributed by atoms with Crippen molar-refractivity contribution in [1.29, 1.82) is 0 Å². The van der Waals surface area contributed by atoms with E-state index in [1.807, 2.05) is 49.1 Å². The molecule has 4 nitrogen and oxygen atoms in total. The van der Waals surface area contributed by atoms with Crippen molar-refractivity contribution in [3.05, 3.63) is 113 Å². The summed E-state index contributed by atoms with van der Waals surface area (Å²) in [7, 11) is 1.95. The number of aromatic nitrogens is 2. The fraction of sp³-hybridized carbons (Fsp3) is 0.0909. The minimum Gasteiger partial charge on any atom is -0.481 e. The highest BCUT2D eigenvalue weighted by molar-refractivity contribution is 6.30. The van der Waals surface area contributed by atoms with Crippen molar-refractivity contribution in [2.45, 2.75) is 13.3 Å². The molecule has 1 aromatic heterocycles. The van der Waals surface area contributed by atoms with Crippen LogP contribution in [0.4, 0.5) is 0 Å². The van der Waals surface area contributed by atoms with Crippen molar-refractivity contribution >= 4 is 39.2 Å². The van der Waals surface area contributed by atoms with Crippen LogP contribution in [0.1, 0.15) is 11.1 Å². The van der Waals surface area contributed by atoms with Crippen LogP contribution in [0.15, 0.2) is 97.2 Å². The average molecular weight is 517 g/mol. The number of hydrogen-bond donors (Lipinski definition) is 1. The van der Waals surface area contributed by atoms with Crippen molar-refractivity contribution < 1.29 is 9.90 Å². The number of rotatable bonds is 5.